The van der Waals surface area contributed by atoms with Gasteiger partial charge in [0.25, 0.3) is 0 Å². The van der Waals surface area contributed by atoms with Crippen molar-refractivity contribution in [3.8, 4) is 17.2 Å². The van der Waals surface area contributed by atoms with Crippen molar-refractivity contribution in [2.45, 2.75) is 114 Å². The quantitative estimate of drug-likeness (QED) is 0.174. The summed E-state index contributed by atoms with van der Waals surface area (Å²) >= 11 is 0. The highest BCUT2D eigenvalue weighted by molar-refractivity contribution is 6.31. The predicted octanol–water partition coefficient (Wildman–Crippen LogP) is 2.17. The number of rotatable bonds is 7. The van der Waals surface area contributed by atoms with Crippen LogP contribution in [0.3, 0.4) is 0 Å². The average molecular weight is 726 g/mol. The molecule has 281 valence electrons. The summed E-state index contributed by atoms with van der Waals surface area (Å²) in [6, 6.07) is 3.56. The van der Waals surface area contributed by atoms with Gasteiger partial charge in [-0.1, -0.05) is 12.1 Å². The number of aliphatic hydroxyl groups excluding tert-OH is 1. The minimum atomic E-state index is -2.38. The highest BCUT2D eigenvalue weighted by Crippen LogP contribution is 2.52. The summed E-state index contributed by atoms with van der Waals surface area (Å²) in [5.41, 5.74) is 0.359. The van der Waals surface area contributed by atoms with E-state index < -0.39 is 119 Å². The van der Waals surface area contributed by atoms with Crippen molar-refractivity contribution in [3.05, 3.63) is 51.6 Å². The van der Waals surface area contributed by atoms with Gasteiger partial charge < -0.3 is 45.1 Å². The van der Waals surface area contributed by atoms with Gasteiger partial charge in [-0.3, -0.25) is 19.2 Å². The number of ether oxygens (including phenoxy) is 4. The van der Waals surface area contributed by atoms with Gasteiger partial charge >= 0.3 is 5.97 Å². The van der Waals surface area contributed by atoms with Crippen LogP contribution in [0.1, 0.15) is 109 Å². The standard InChI is InChI=1S/C37H45N2O13/c1-16-29(41)20(38)10-24(51-16)52-22-14-37(47,23(40)15-50-34(46)17-11-35(2,3)39(48)36(4,5)12-17)13-19-26(22)33(45)28-27(31(19)43)30(42)18-8-7-9-21(49-6)25(18)32(28)44/h7-9,16-17,20,22,24,29,41,43,45,47H,10-15,38H2,1-6H3/t16?,20-,22-,24-,29+,37-/m0/s1. The fourth-order valence-electron chi connectivity index (χ4n) is 8.42. The molecule has 2 aromatic carbocycles. The number of phenolic OH excluding ortho intramolecular Hbond substituents is 2. The van der Waals surface area contributed by atoms with Crippen LogP contribution < -0.4 is 10.5 Å². The van der Waals surface area contributed by atoms with Crippen molar-refractivity contribution in [2.24, 2.45) is 11.7 Å². The van der Waals surface area contributed by atoms with Crippen molar-refractivity contribution < 1.29 is 63.8 Å². The third-order valence-corrected chi connectivity index (χ3v) is 10.9. The fourth-order valence-corrected chi connectivity index (χ4v) is 8.42. The molecule has 1 unspecified atom stereocenters. The van der Waals surface area contributed by atoms with Crippen molar-refractivity contribution in [2.75, 3.05) is 13.7 Å². The minimum absolute atomic E-state index is 0.0319. The second-order valence-corrected chi connectivity index (χ2v) is 15.6. The van der Waals surface area contributed by atoms with Crippen molar-refractivity contribution in [3.63, 3.8) is 0 Å². The number of aromatic hydroxyl groups is 2. The molecule has 6 atom stereocenters. The molecular weight excluding hydrogens is 680 g/mol. The third-order valence-electron chi connectivity index (χ3n) is 10.9. The highest BCUT2D eigenvalue weighted by Gasteiger charge is 2.52. The van der Waals surface area contributed by atoms with Crippen LogP contribution >= 0.6 is 0 Å². The predicted molar refractivity (Wildman–Crippen MR) is 179 cm³/mol. The second kappa shape index (κ2) is 13.2. The zero-order valence-electron chi connectivity index (χ0n) is 29.9. The number of fused-ring (bicyclic) bond motifs is 3. The van der Waals surface area contributed by atoms with Gasteiger partial charge in [0.05, 0.1) is 48.0 Å². The first-order valence-corrected chi connectivity index (χ1v) is 17.2. The second-order valence-electron chi connectivity index (χ2n) is 15.6. The summed E-state index contributed by atoms with van der Waals surface area (Å²) in [6.07, 6.45) is -5.24. The van der Waals surface area contributed by atoms with E-state index in [2.05, 4.69) is 0 Å². The van der Waals surface area contributed by atoms with Crippen LogP contribution in [0.2, 0.25) is 0 Å². The Hall–Kier alpha value is -3.96. The molecule has 6 rings (SSSR count). The Bertz CT molecular complexity index is 1810. The molecule has 2 aliphatic carbocycles. The van der Waals surface area contributed by atoms with Gasteiger partial charge in [-0.05, 0) is 53.5 Å². The van der Waals surface area contributed by atoms with Gasteiger partial charge in [-0.15, -0.1) is 10.3 Å². The van der Waals surface area contributed by atoms with Gasteiger partial charge in [-0.25, -0.2) is 0 Å². The molecule has 15 nitrogen and oxygen atoms in total. The Morgan fingerprint density at radius 2 is 1.63 bits per heavy atom. The average Bonchev–Trinajstić information content (AvgIpc) is 3.07. The Morgan fingerprint density at radius 3 is 2.25 bits per heavy atom. The van der Waals surface area contributed by atoms with Crippen LogP contribution in [-0.2, 0) is 35.4 Å². The lowest BCUT2D eigenvalue weighted by Gasteiger charge is -2.49. The maximum atomic E-state index is 13.9. The first-order valence-electron chi connectivity index (χ1n) is 17.2. The van der Waals surface area contributed by atoms with Crippen LogP contribution in [0.5, 0.6) is 17.2 Å². The molecule has 0 aromatic heterocycles. The van der Waals surface area contributed by atoms with Gasteiger partial charge in [0.2, 0.25) is 11.6 Å². The van der Waals surface area contributed by atoms with Crippen LogP contribution in [-0.4, -0.2) is 104 Å². The number of esters is 1. The number of carbonyl (C=O) groups is 4. The zero-order chi connectivity index (χ0) is 38.2. The van der Waals surface area contributed by atoms with E-state index in [-0.39, 0.29) is 47.3 Å². The Labute approximate surface area is 300 Å². The zero-order valence-corrected chi connectivity index (χ0v) is 29.9. The molecule has 0 amide bonds. The summed E-state index contributed by atoms with van der Waals surface area (Å²) in [5, 5.41) is 59.6. The normalized spacial score (nSPS) is 29.8. The van der Waals surface area contributed by atoms with Crippen LogP contribution in [0.25, 0.3) is 0 Å². The van der Waals surface area contributed by atoms with Crippen LogP contribution in [0.15, 0.2) is 18.2 Å². The van der Waals surface area contributed by atoms with Crippen molar-refractivity contribution in [1.82, 2.24) is 5.06 Å². The molecule has 0 bridgehead atoms. The Kier molecular flexibility index (Phi) is 9.56. The van der Waals surface area contributed by atoms with E-state index in [0.717, 1.165) is 5.06 Å². The summed E-state index contributed by atoms with van der Waals surface area (Å²) in [6.45, 7) is 7.56. The van der Waals surface area contributed by atoms with Crippen molar-refractivity contribution >= 4 is 23.3 Å². The number of hydrogen-bond acceptors (Lipinski definition) is 14. The molecule has 4 aliphatic rings. The lowest BCUT2D eigenvalue weighted by Crippen LogP contribution is -2.59. The van der Waals surface area contributed by atoms with E-state index in [1.807, 2.05) is 0 Å². The Balaban J connectivity index is 1.36. The number of nitrogens with two attached hydrogens (primary N) is 1. The number of aliphatic hydroxyl groups is 2. The number of hydrogen-bond donors (Lipinski definition) is 5. The number of nitrogens with zero attached hydrogens (tertiary/aromatic N) is 1. The number of carbonyl (C=O) groups excluding carboxylic acids is 4. The monoisotopic (exact) mass is 725 g/mol. The summed E-state index contributed by atoms with van der Waals surface area (Å²) in [7, 11) is 1.32. The summed E-state index contributed by atoms with van der Waals surface area (Å²) in [5.74, 6) is -5.37. The molecule has 6 N–H and O–H groups in total. The van der Waals surface area contributed by atoms with E-state index in [0.29, 0.717) is 0 Å². The first-order chi connectivity index (χ1) is 24.2. The van der Waals surface area contributed by atoms with E-state index >= 15 is 0 Å². The van der Waals surface area contributed by atoms with E-state index in [4.69, 9.17) is 24.7 Å². The maximum absolute atomic E-state index is 13.9. The van der Waals surface area contributed by atoms with Gasteiger partial charge in [-0.2, -0.15) is 0 Å². The number of Topliss-reactive ketones (excluding diaryl/α,β-unsaturated/α-hetero) is 1. The van der Waals surface area contributed by atoms with Crippen LogP contribution in [0.4, 0.5) is 0 Å². The molecule has 2 aromatic rings. The number of phenols is 2. The smallest absolute Gasteiger partial charge is 0.309 e. The molecular formula is C37H45N2O13. The van der Waals surface area contributed by atoms with E-state index in [1.54, 1.807) is 34.6 Å². The molecule has 2 fully saturated rings. The lowest BCUT2D eigenvalue weighted by molar-refractivity contribution is -0.293. The SMILES string of the molecule is COc1cccc2c1C(=O)c1c(O)c3c(c(O)c1C2=O)C[C@@](O)(C(=O)COC(=O)C1CC(C)(C)N([O])C(C)(C)C1)C[C@@H]3O[C@H]1C[C@H](N)[C@H](O)C(C)O1. The summed E-state index contributed by atoms with van der Waals surface area (Å²) in [4.78, 5) is 54.9. The van der Waals surface area contributed by atoms with E-state index in [9.17, 15) is 44.8 Å². The largest absolute Gasteiger partial charge is 0.507 e. The van der Waals surface area contributed by atoms with Gasteiger partial charge in [0, 0.05) is 53.1 Å². The van der Waals surface area contributed by atoms with Gasteiger partial charge in [0.1, 0.15) is 22.8 Å². The topological polar surface area (TPSA) is 235 Å². The first kappa shape index (κ1) is 37.8. The summed E-state index contributed by atoms with van der Waals surface area (Å²) < 4.78 is 22.8. The molecule has 15 heteroatoms. The number of benzene rings is 2. The molecule has 52 heavy (non-hydrogen) atoms. The van der Waals surface area contributed by atoms with Crippen molar-refractivity contribution in [1.29, 1.82) is 0 Å². The number of methoxy groups -OCH3 is 1. The number of piperidine rings is 1. The molecule has 0 saturated carbocycles. The fraction of sp³-hybridized carbons (Fsp3) is 0.568. The van der Waals surface area contributed by atoms with Gasteiger partial charge in [0.15, 0.2) is 18.7 Å². The lowest BCUT2D eigenvalue weighted by atomic mass is 9.72. The van der Waals surface area contributed by atoms with Crippen LogP contribution in [0, 0.1) is 5.92 Å². The number of ketones is 3. The molecule has 2 saturated heterocycles. The Morgan fingerprint density at radius 1 is 1.00 bits per heavy atom. The van der Waals surface area contributed by atoms with E-state index in [1.165, 1.54) is 25.3 Å². The molecule has 2 heterocycles. The maximum Gasteiger partial charge on any atom is 0.309 e. The molecule has 2 aliphatic heterocycles. The molecule has 1 radical (unpaired) electrons. The highest BCUT2D eigenvalue weighted by atomic mass is 16.7. The number of hydroxylamine groups is 2. The third kappa shape index (κ3) is 6.17. The molecule has 0 spiro atoms. The minimum Gasteiger partial charge on any atom is -0.507 e.